The Hall–Kier alpha value is -1.59. The van der Waals surface area contributed by atoms with Crippen molar-refractivity contribution in [2.24, 2.45) is 11.8 Å². The molecule has 0 fully saturated rings. The minimum atomic E-state index is -0.762. The summed E-state index contributed by atoms with van der Waals surface area (Å²) in [6.45, 7) is 11.4. The Morgan fingerprint density at radius 2 is 0.516 bits per heavy atom. The van der Waals surface area contributed by atoms with Crippen molar-refractivity contribution in [3.63, 3.8) is 0 Å². The highest BCUT2D eigenvalue weighted by molar-refractivity contribution is 5.71. The van der Waals surface area contributed by atoms with Gasteiger partial charge in [0, 0.05) is 19.3 Å². The summed E-state index contributed by atoms with van der Waals surface area (Å²) in [4.78, 5) is 38.1. The van der Waals surface area contributed by atoms with E-state index in [2.05, 4.69) is 34.6 Å². The third-order valence-corrected chi connectivity index (χ3v) is 13.2. The molecule has 0 unspecified atom stereocenters. The van der Waals surface area contributed by atoms with Gasteiger partial charge in [-0.3, -0.25) is 14.4 Å². The van der Waals surface area contributed by atoms with E-state index in [0.29, 0.717) is 19.3 Å². The molecule has 6 heteroatoms. The number of unbranched alkanes of at least 4 members (excludes halogenated alkanes) is 37. The minimum Gasteiger partial charge on any atom is -0.462 e. The van der Waals surface area contributed by atoms with E-state index >= 15 is 0 Å². The highest BCUT2D eigenvalue weighted by atomic mass is 16.6. The third-order valence-electron chi connectivity index (χ3n) is 13.2. The fourth-order valence-corrected chi connectivity index (χ4v) is 8.87. The molecule has 0 aromatic rings. The lowest BCUT2D eigenvalue weighted by atomic mass is 10.0. The third kappa shape index (κ3) is 51.4. The van der Waals surface area contributed by atoms with Crippen molar-refractivity contribution in [1.82, 2.24) is 0 Å². The van der Waals surface area contributed by atoms with Crippen molar-refractivity contribution in [1.29, 1.82) is 0 Å². The zero-order chi connectivity index (χ0) is 46.8. The van der Waals surface area contributed by atoms with Crippen LogP contribution in [0.1, 0.15) is 324 Å². The van der Waals surface area contributed by atoms with E-state index < -0.39 is 6.10 Å². The Kier molecular flexibility index (Phi) is 49.6. The second-order valence-electron chi connectivity index (χ2n) is 20.9. The van der Waals surface area contributed by atoms with Crippen LogP contribution >= 0.6 is 0 Å². The molecule has 0 amide bonds. The maximum absolute atomic E-state index is 12.8. The predicted molar refractivity (Wildman–Crippen MR) is 275 cm³/mol. The van der Waals surface area contributed by atoms with Crippen LogP contribution in [0.4, 0.5) is 0 Å². The van der Waals surface area contributed by atoms with E-state index in [4.69, 9.17) is 14.2 Å². The van der Waals surface area contributed by atoms with Crippen molar-refractivity contribution in [2.45, 2.75) is 330 Å². The second-order valence-corrected chi connectivity index (χ2v) is 20.9. The Bertz CT molecular complexity index is 978. The normalized spacial score (nSPS) is 12.0. The molecule has 0 aliphatic rings. The Balaban J connectivity index is 4.27. The summed E-state index contributed by atoms with van der Waals surface area (Å²) in [6.07, 6.45) is 53.8. The van der Waals surface area contributed by atoms with Crippen molar-refractivity contribution < 1.29 is 28.6 Å². The molecule has 0 N–H and O–H groups in total. The van der Waals surface area contributed by atoms with Gasteiger partial charge >= 0.3 is 17.9 Å². The maximum atomic E-state index is 12.8. The first-order chi connectivity index (χ1) is 31.2. The summed E-state index contributed by atoms with van der Waals surface area (Å²) >= 11 is 0. The van der Waals surface area contributed by atoms with Crippen molar-refractivity contribution in [3.8, 4) is 0 Å². The van der Waals surface area contributed by atoms with Crippen molar-refractivity contribution in [2.75, 3.05) is 13.2 Å². The fraction of sp³-hybridized carbons (Fsp3) is 0.948. The summed E-state index contributed by atoms with van der Waals surface area (Å²) in [5, 5.41) is 0. The molecule has 0 spiro atoms. The highest BCUT2D eigenvalue weighted by Gasteiger charge is 2.19. The molecule has 1 atom stereocenters. The van der Waals surface area contributed by atoms with Gasteiger partial charge in [-0.1, -0.05) is 285 Å². The number of hydrogen-bond acceptors (Lipinski definition) is 6. The average molecular weight is 906 g/mol. The van der Waals surface area contributed by atoms with Gasteiger partial charge in [0.1, 0.15) is 13.2 Å². The lowest BCUT2D eigenvalue weighted by Crippen LogP contribution is -2.30. The van der Waals surface area contributed by atoms with Gasteiger partial charge in [-0.2, -0.15) is 0 Å². The van der Waals surface area contributed by atoms with Gasteiger partial charge in [-0.05, 0) is 31.1 Å². The number of carbonyl (C=O) groups excluding carboxylic acids is 3. The van der Waals surface area contributed by atoms with Gasteiger partial charge in [-0.25, -0.2) is 0 Å². The van der Waals surface area contributed by atoms with E-state index in [0.717, 1.165) is 69.6 Å². The number of hydrogen-bond donors (Lipinski definition) is 0. The summed E-state index contributed by atoms with van der Waals surface area (Å²) < 4.78 is 16.9. The van der Waals surface area contributed by atoms with Crippen LogP contribution in [0.25, 0.3) is 0 Å². The first-order valence-corrected chi connectivity index (χ1v) is 28.7. The number of rotatable bonds is 52. The predicted octanol–water partition coefficient (Wildman–Crippen LogP) is 18.9. The summed E-state index contributed by atoms with van der Waals surface area (Å²) in [5.41, 5.74) is 0. The molecule has 380 valence electrons. The molecule has 0 aromatic heterocycles. The van der Waals surface area contributed by atoms with Gasteiger partial charge in [-0.15, -0.1) is 0 Å². The molecule has 0 radical (unpaired) electrons. The van der Waals surface area contributed by atoms with E-state index in [-0.39, 0.29) is 31.1 Å². The van der Waals surface area contributed by atoms with Crippen molar-refractivity contribution in [3.05, 3.63) is 0 Å². The monoisotopic (exact) mass is 905 g/mol. The first kappa shape index (κ1) is 62.4. The van der Waals surface area contributed by atoms with Crippen LogP contribution in [0.15, 0.2) is 0 Å². The van der Waals surface area contributed by atoms with Gasteiger partial charge in [0.15, 0.2) is 6.10 Å². The van der Waals surface area contributed by atoms with Crippen LogP contribution < -0.4 is 0 Å². The number of esters is 3. The molecule has 0 rings (SSSR count). The standard InChI is InChI=1S/C58H112O6/c1-6-7-8-9-10-11-12-13-19-23-30-35-40-45-50-58(61)64-55(52-63-57(60)49-44-39-34-29-25-24-27-32-37-42-47-54(4)5)51-62-56(59)48-43-38-33-28-22-20-17-15-14-16-18-21-26-31-36-41-46-53(2)3/h53-55H,6-52H2,1-5H3/t55-/m1/s1. The van der Waals surface area contributed by atoms with E-state index in [1.165, 1.54) is 212 Å². The van der Waals surface area contributed by atoms with Crippen LogP contribution in [0.2, 0.25) is 0 Å². The molecule has 0 heterocycles. The molecule has 0 aliphatic heterocycles. The SMILES string of the molecule is CCCCCCCCCCCCCCCCC(=O)O[C@H](COC(=O)CCCCCCCCCCCCCCCCCCC(C)C)COC(=O)CCCCCCCCCCCCC(C)C. The first-order valence-electron chi connectivity index (χ1n) is 28.7. The van der Waals surface area contributed by atoms with E-state index in [9.17, 15) is 14.4 Å². The van der Waals surface area contributed by atoms with E-state index in [1.807, 2.05) is 0 Å². The molecule has 64 heavy (non-hydrogen) atoms. The minimum absolute atomic E-state index is 0.0627. The quantitative estimate of drug-likeness (QED) is 0.0344. The van der Waals surface area contributed by atoms with E-state index in [1.54, 1.807) is 0 Å². The zero-order valence-corrected chi connectivity index (χ0v) is 43.9. The van der Waals surface area contributed by atoms with Crippen LogP contribution in [-0.2, 0) is 28.6 Å². The average Bonchev–Trinajstić information content (AvgIpc) is 3.27. The number of ether oxygens (including phenoxy) is 3. The molecule has 0 aliphatic carbocycles. The lowest BCUT2D eigenvalue weighted by Gasteiger charge is -2.18. The van der Waals surface area contributed by atoms with Crippen LogP contribution in [0, 0.1) is 11.8 Å². The number of carbonyl (C=O) groups is 3. The molecule has 0 bridgehead atoms. The van der Waals surface area contributed by atoms with Gasteiger partial charge in [0.2, 0.25) is 0 Å². The van der Waals surface area contributed by atoms with Gasteiger partial charge in [0.25, 0.3) is 0 Å². The smallest absolute Gasteiger partial charge is 0.306 e. The van der Waals surface area contributed by atoms with Crippen LogP contribution in [-0.4, -0.2) is 37.2 Å². The van der Waals surface area contributed by atoms with Crippen LogP contribution in [0.5, 0.6) is 0 Å². The topological polar surface area (TPSA) is 78.9 Å². The maximum Gasteiger partial charge on any atom is 0.306 e. The molecule has 6 nitrogen and oxygen atoms in total. The molecular weight excluding hydrogens is 793 g/mol. The zero-order valence-electron chi connectivity index (χ0n) is 43.9. The summed E-state index contributed by atoms with van der Waals surface area (Å²) in [7, 11) is 0. The second kappa shape index (κ2) is 50.8. The van der Waals surface area contributed by atoms with Gasteiger partial charge < -0.3 is 14.2 Å². The lowest BCUT2D eigenvalue weighted by molar-refractivity contribution is -0.167. The molecule has 0 aromatic carbocycles. The largest absolute Gasteiger partial charge is 0.462 e. The Labute approximate surface area is 399 Å². The highest BCUT2D eigenvalue weighted by Crippen LogP contribution is 2.18. The van der Waals surface area contributed by atoms with Gasteiger partial charge in [0.05, 0.1) is 0 Å². The molecular formula is C58H112O6. The Morgan fingerprint density at radius 1 is 0.297 bits per heavy atom. The molecule has 0 saturated heterocycles. The summed E-state index contributed by atoms with van der Waals surface area (Å²) in [5.74, 6) is 0.831. The Morgan fingerprint density at radius 3 is 0.766 bits per heavy atom. The summed E-state index contributed by atoms with van der Waals surface area (Å²) in [6, 6.07) is 0. The fourth-order valence-electron chi connectivity index (χ4n) is 8.87. The van der Waals surface area contributed by atoms with Crippen molar-refractivity contribution >= 4 is 17.9 Å². The van der Waals surface area contributed by atoms with Crippen LogP contribution in [0.3, 0.4) is 0 Å². The molecule has 0 saturated carbocycles.